The number of amides is 1. The van der Waals surface area contributed by atoms with Crippen LogP contribution in [0.4, 0.5) is 0 Å². The van der Waals surface area contributed by atoms with Gasteiger partial charge in [0.1, 0.15) is 6.04 Å². The van der Waals surface area contributed by atoms with E-state index in [0.717, 1.165) is 5.56 Å². The number of rotatable bonds is 5. The van der Waals surface area contributed by atoms with Gasteiger partial charge in [-0.3, -0.25) is 4.79 Å². The number of ether oxygens (including phenoxy) is 1. The van der Waals surface area contributed by atoms with Gasteiger partial charge in [-0.25, -0.2) is 4.79 Å². The topological polar surface area (TPSA) is 55.4 Å². The molecule has 0 heterocycles. The summed E-state index contributed by atoms with van der Waals surface area (Å²) in [7, 11) is 1.33. The van der Waals surface area contributed by atoms with Crippen LogP contribution in [-0.2, 0) is 19.7 Å². The monoisotopic (exact) mass is 277 g/mol. The number of methoxy groups -OCH3 is 1. The van der Waals surface area contributed by atoms with Crippen LogP contribution in [0, 0.1) is 5.92 Å². The van der Waals surface area contributed by atoms with Gasteiger partial charge >= 0.3 is 5.97 Å². The Balaban J connectivity index is 2.91. The lowest BCUT2D eigenvalue weighted by molar-refractivity contribution is -0.147. The number of benzene rings is 1. The summed E-state index contributed by atoms with van der Waals surface area (Å²) < 4.78 is 4.74. The first-order valence-corrected chi connectivity index (χ1v) is 6.75. The van der Waals surface area contributed by atoms with Crippen LogP contribution in [0.15, 0.2) is 30.3 Å². The second kappa shape index (κ2) is 6.55. The van der Waals surface area contributed by atoms with Gasteiger partial charge < -0.3 is 10.1 Å². The summed E-state index contributed by atoms with van der Waals surface area (Å²) >= 11 is 0. The maximum atomic E-state index is 12.5. The van der Waals surface area contributed by atoms with Gasteiger partial charge in [-0.15, -0.1) is 0 Å². The van der Waals surface area contributed by atoms with Crippen molar-refractivity contribution in [3.63, 3.8) is 0 Å². The van der Waals surface area contributed by atoms with Gasteiger partial charge in [0, 0.05) is 0 Å². The fourth-order valence-corrected chi connectivity index (χ4v) is 1.93. The second-order valence-electron chi connectivity index (χ2n) is 5.71. The first-order valence-electron chi connectivity index (χ1n) is 6.75. The zero-order valence-electron chi connectivity index (χ0n) is 12.8. The zero-order chi connectivity index (χ0) is 15.3. The fourth-order valence-electron chi connectivity index (χ4n) is 1.93. The van der Waals surface area contributed by atoms with Crippen LogP contribution < -0.4 is 5.32 Å². The van der Waals surface area contributed by atoms with E-state index in [1.807, 2.05) is 58.0 Å². The van der Waals surface area contributed by atoms with Gasteiger partial charge in [-0.2, -0.15) is 0 Å². The van der Waals surface area contributed by atoms with E-state index >= 15 is 0 Å². The third-order valence-electron chi connectivity index (χ3n) is 3.47. The molecular formula is C16H23NO3. The van der Waals surface area contributed by atoms with E-state index in [9.17, 15) is 9.59 Å². The summed E-state index contributed by atoms with van der Waals surface area (Å²) in [6.45, 7) is 7.42. The molecule has 0 radical (unpaired) electrons. The number of esters is 1. The van der Waals surface area contributed by atoms with Gasteiger partial charge in [0.05, 0.1) is 12.5 Å². The molecule has 4 heteroatoms. The number of hydrogen-bond acceptors (Lipinski definition) is 3. The summed E-state index contributed by atoms with van der Waals surface area (Å²) in [6.07, 6.45) is 0. The summed E-state index contributed by atoms with van der Waals surface area (Å²) in [5.74, 6) is -0.636. The quantitative estimate of drug-likeness (QED) is 0.840. The number of carbonyl (C=O) groups is 2. The predicted octanol–water partition coefficient (Wildman–Crippen LogP) is 2.28. The third-order valence-corrected chi connectivity index (χ3v) is 3.47. The fraction of sp³-hybridized carbons (Fsp3) is 0.500. The Labute approximate surface area is 120 Å². The van der Waals surface area contributed by atoms with E-state index in [1.165, 1.54) is 7.11 Å². The summed E-state index contributed by atoms with van der Waals surface area (Å²) in [4.78, 5) is 24.2. The summed E-state index contributed by atoms with van der Waals surface area (Å²) in [6, 6.07) is 8.87. The molecule has 0 aliphatic rings. The molecule has 0 saturated carbocycles. The molecule has 1 aromatic rings. The maximum absolute atomic E-state index is 12.5. The van der Waals surface area contributed by atoms with Crippen molar-refractivity contribution in [1.82, 2.24) is 5.32 Å². The Hall–Kier alpha value is -1.84. The van der Waals surface area contributed by atoms with Crippen molar-refractivity contribution in [2.45, 2.75) is 39.2 Å². The van der Waals surface area contributed by atoms with Gasteiger partial charge in [0.15, 0.2) is 0 Å². The molecule has 1 amide bonds. The van der Waals surface area contributed by atoms with Crippen LogP contribution in [0.25, 0.3) is 0 Å². The van der Waals surface area contributed by atoms with Crippen molar-refractivity contribution in [3.05, 3.63) is 35.9 Å². The highest BCUT2D eigenvalue weighted by Crippen LogP contribution is 2.23. The molecule has 110 valence electrons. The molecule has 1 rings (SSSR count). The van der Waals surface area contributed by atoms with Crippen molar-refractivity contribution in [2.24, 2.45) is 5.92 Å². The van der Waals surface area contributed by atoms with Gasteiger partial charge in [-0.1, -0.05) is 44.2 Å². The zero-order valence-corrected chi connectivity index (χ0v) is 12.8. The lowest BCUT2D eigenvalue weighted by atomic mass is 9.83. The summed E-state index contributed by atoms with van der Waals surface area (Å²) in [5, 5.41) is 2.79. The molecule has 0 aliphatic carbocycles. The van der Waals surface area contributed by atoms with E-state index in [2.05, 4.69) is 5.32 Å². The standard InChI is InChI=1S/C16H23NO3/c1-11(2)13(14(18)20-5)17-15(19)16(3,4)12-9-7-6-8-10-12/h6-11,13H,1-5H3,(H,17,19). The Morgan fingerprint density at radius 2 is 1.70 bits per heavy atom. The first kappa shape index (κ1) is 16.2. The predicted molar refractivity (Wildman–Crippen MR) is 78.3 cm³/mol. The number of carbonyl (C=O) groups excluding carboxylic acids is 2. The minimum Gasteiger partial charge on any atom is -0.467 e. The molecule has 0 aromatic heterocycles. The Kier molecular flexibility index (Phi) is 5.31. The average molecular weight is 277 g/mol. The minimum atomic E-state index is -0.706. The maximum Gasteiger partial charge on any atom is 0.328 e. The van der Waals surface area contributed by atoms with E-state index in [0.29, 0.717) is 0 Å². The molecule has 20 heavy (non-hydrogen) atoms. The van der Waals surface area contributed by atoms with Gasteiger partial charge in [0.25, 0.3) is 0 Å². The molecule has 0 saturated heterocycles. The van der Waals surface area contributed by atoms with Crippen LogP contribution in [0.2, 0.25) is 0 Å². The molecule has 1 atom stereocenters. The highest BCUT2D eigenvalue weighted by Gasteiger charge is 2.34. The van der Waals surface area contributed by atoms with E-state index in [-0.39, 0.29) is 11.8 Å². The molecule has 1 N–H and O–H groups in total. The smallest absolute Gasteiger partial charge is 0.328 e. The highest BCUT2D eigenvalue weighted by atomic mass is 16.5. The van der Waals surface area contributed by atoms with Crippen molar-refractivity contribution in [1.29, 1.82) is 0 Å². The summed E-state index contributed by atoms with van der Waals surface area (Å²) in [5.41, 5.74) is 0.201. The SMILES string of the molecule is COC(=O)C(NC(=O)C(C)(C)c1ccccc1)C(C)C. The molecule has 1 aromatic carbocycles. The molecule has 0 aliphatic heterocycles. The third kappa shape index (κ3) is 3.59. The van der Waals surface area contributed by atoms with Crippen LogP contribution in [0.5, 0.6) is 0 Å². The molecule has 1 unspecified atom stereocenters. The largest absolute Gasteiger partial charge is 0.467 e. The normalized spacial score (nSPS) is 12.9. The average Bonchev–Trinajstić information content (AvgIpc) is 2.44. The van der Waals surface area contributed by atoms with E-state index < -0.39 is 17.4 Å². The van der Waals surface area contributed by atoms with Crippen molar-refractivity contribution >= 4 is 11.9 Å². The molecular weight excluding hydrogens is 254 g/mol. The van der Waals surface area contributed by atoms with E-state index in [1.54, 1.807) is 0 Å². The Morgan fingerprint density at radius 3 is 2.15 bits per heavy atom. The molecule has 0 fully saturated rings. The minimum absolute atomic E-state index is 0.0297. The van der Waals surface area contributed by atoms with E-state index in [4.69, 9.17) is 4.74 Å². The van der Waals surface area contributed by atoms with Crippen LogP contribution in [-0.4, -0.2) is 25.0 Å². The lowest BCUT2D eigenvalue weighted by Crippen LogP contribution is -2.50. The number of hydrogen-bond donors (Lipinski definition) is 1. The highest BCUT2D eigenvalue weighted by molar-refractivity contribution is 5.91. The van der Waals surface area contributed by atoms with Crippen LogP contribution >= 0.6 is 0 Å². The van der Waals surface area contributed by atoms with Gasteiger partial charge in [0.2, 0.25) is 5.91 Å². The van der Waals surface area contributed by atoms with Crippen molar-refractivity contribution < 1.29 is 14.3 Å². The van der Waals surface area contributed by atoms with Crippen molar-refractivity contribution in [3.8, 4) is 0 Å². The number of nitrogens with one attached hydrogen (secondary N) is 1. The first-order chi connectivity index (χ1) is 9.30. The lowest BCUT2D eigenvalue weighted by Gasteiger charge is -2.28. The second-order valence-corrected chi connectivity index (χ2v) is 5.71. The van der Waals surface area contributed by atoms with Crippen LogP contribution in [0.3, 0.4) is 0 Å². The van der Waals surface area contributed by atoms with Crippen molar-refractivity contribution in [2.75, 3.05) is 7.11 Å². The molecule has 0 spiro atoms. The molecule has 4 nitrogen and oxygen atoms in total. The van der Waals surface area contributed by atoms with Gasteiger partial charge in [-0.05, 0) is 25.3 Å². The Morgan fingerprint density at radius 1 is 1.15 bits per heavy atom. The Bertz CT molecular complexity index is 466. The molecule has 0 bridgehead atoms. The van der Waals surface area contributed by atoms with Crippen LogP contribution in [0.1, 0.15) is 33.3 Å².